The van der Waals surface area contributed by atoms with Gasteiger partial charge in [0.05, 0.1) is 24.2 Å². The fourth-order valence-electron chi connectivity index (χ4n) is 2.76. The molecule has 2 heterocycles. The number of hydrogen-bond donors (Lipinski definition) is 1. The first-order valence-corrected chi connectivity index (χ1v) is 10.7. The molecule has 0 fully saturated rings. The van der Waals surface area contributed by atoms with Gasteiger partial charge in [0.15, 0.2) is 5.16 Å². The summed E-state index contributed by atoms with van der Waals surface area (Å²) >= 11 is 13.3. The highest BCUT2D eigenvalue weighted by Gasteiger charge is 2.12. The van der Waals surface area contributed by atoms with Crippen LogP contribution in [0, 0.1) is 0 Å². The molecule has 2 aromatic heterocycles. The fourth-order valence-corrected chi connectivity index (χ4v) is 3.80. The number of nitrogens with one attached hydrogen (secondary N) is 1. The average Bonchev–Trinajstić information content (AvgIpc) is 3.38. The van der Waals surface area contributed by atoms with Gasteiger partial charge in [0.1, 0.15) is 12.1 Å². The van der Waals surface area contributed by atoms with Crippen molar-refractivity contribution in [2.24, 2.45) is 0 Å². The number of carbonyl (C=O) groups is 1. The second-order valence-corrected chi connectivity index (χ2v) is 8.12. The van der Waals surface area contributed by atoms with Gasteiger partial charge in [-0.05, 0) is 35.9 Å². The Morgan fingerprint density at radius 2 is 1.90 bits per heavy atom. The number of halogens is 2. The summed E-state index contributed by atoms with van der Waals surface area (Å²) < 4.78 is 3.51. The zero-order chi connectivity index (χ0) is 20.9. The maximum atomic E-state index is 12.5. The number of thioether (sulfide) groups is 1. The standard InChI is InChI=1S/C20H16Cl2N6OS/c21-15-6-4-14(5-7-15)11-28-18(8-9-24-28)25-19(29)12-30-20-26-23-13-27(20)17-3-1-2-16(22)10-17/h1-10,13H,11-12H2,(H,25,29). The molecule has 1 amide bonds. The van der Waals surface area contributed by atoms with Crippen LogP contribution in [0.15, 0.2) is 72.3 Å². The van der Waals surface area contributed by atoms with Crippen LogP contribution < -0.4 is 5.32 Å². The SMILES string of the molecule is O=C(CSc1nncn1-c1cccc(Cl)c1)Nc1ccnn1Cc1ccc(Cl)cc1. The molecule has 0 unspecified atom stereocenters. The lowest BCUT2D eigenvalue weighted by Gasteiger charge is -2.10. The Morgan fingerprint density at radius 3 is 2.70 bits per heavy atom. The third-order valence-corrected chi connectivity index (χ3v) is 5.59. The van der Waals surface area contributed by atoms with E-state index in [-0.39, 0.29) is 11.7 Å². The largest absolute Gasteiger partial charge is 0.310 e. The Labute approximate surface area is 187 Å². The van der Waals surface area contributed by atoms with Gasteiger partial charge in [-0.25, -0.2) is 4.68 Å². The number of aromatic nitrogens is 5. The summed E-state index contributed by atoms with van der Waals surface area (Å²) in [6.07, 6.45) is 3.24. The maximum absolute atomic E-state index is 12.5. The van der Waals surface area contributed by atoms with E-state index >= 15 is 0 Å². The van der Waals surface area contributed by atoms with E-state index in [2.05, 4.69) is 20.6 Å². The van der Waals surface area contributed by atoms with Gasteiger partial charge in [-0.2, -0.15) is 5.10 Å². The van der Waals surface area contributed by atoms with E-state index in [9.17, 15) is 4.79 Å². The van der Waals surface area contributed by atoms with Crippen molar-refractivity contribution in [2.75, 3.05) is 11.1 Å². The van der Waals surface area contributed by atoms with Crippen molar-refractivity contribution in [1.29, 1.82) is 0 Å². The van der Waals surface area contributed by atoms with E-state index in [1.807, 2.05) is 42.5 Å². The summed E-state index contributed by atoms with van der Waals surface area (Å²) in [5, 5.41) is 17.1. The number of nitrogens with zero attached hydrogens (tertiary/aromatic N) is 5. The minimum atomic E-state index is -0.168. The van der Waals surface area contributed by atoms with Crippen LogP contribution in [-0.4, -0.2) is 36.2 Å². The minimum Gasteiger partial charge on any atom is -0.310 e. The van der Waals surface area contributed by atoms with E-state index in [0.717, 1.165) is 11.3 Å². The highest BCUT2D eigenvalue weighted by molar-refractivity contribution is 7.99. The molecular weight excluding hydrogens is 443 g/mol. The Morgan fingerprint density at radius 1 is 1.07 bits per heavy atom. The van der Waals surface area contributed by atoms with Crippen LogP contribution in [0.25, 0.3) is 5.69 Å². The van der Waals surface area contributed by atoms with Crippen LogP contribution in [0.4, 0.5) is 5.82 Å². The summed E-state index contributed by atoms with van der Waals surface area (Å²) in [4.78, 5) is 12.5. The van der Waals surface area contributed by atoms with Gasteiger partial charge in [0.25, 0.3) is 0 Å². The minimum absolute atomic E-state index is 0.168. The molecular formula is C20H16Cl2N6OS. The van der Waals surface area contributed by atoms with E-state index in [1.165, 1.54) is 11.8 Å². The molecule has 152 valence electrons. The zero-order valence-corrected chi connectivity index (χ0v) is 17.9. The molecule has 0 aliphatic rings. The first-order valence-electron chi connectivity index (χ1n) is 8.93. The average molecular weight is 459 g/mol. The summed E-state index contributed by atoms with van der Waals surface area (Å²) in [5.41, 5.74) is 1.86. The molecule has 7 nitrogen and oxygen atoms in total. The van der Waals surface area contributed by atoms with E-state index < -0.39 is 0 Å². The summed E-state index contributed by atoms with van der Waals surface area (Å²) in [6.45, 7) is 0.524. The molecule has 4 aromatic rings. The van der Waals surface area contributed by atoms with Crippen LogP contribution in [0.3, 0.4) is 0 Å². The van der Waals surface area contributed by atoms with Gasteiger partial charge in [0.2, 0.25) is 5.91 Å². The molecule has 0 spiro atoms. The van der Waals surface area contributed by atoms with Crippen molar-refractivity contribution in [3.8, 4) is 5.69 Å². The Balaban J connectivity index is 1.38. The van der Waals surface area contributed by atoms with E-state index in [4.69, 9.17) is 23.2 Å². The Kier molecular flexibility index (Phi) is 6.37. The molecule has 30 heavy (non-hydrogen) atoms. The topological polar surface area (TPSA) is 77.6 Å². The van der Waals surface area contributed by atoms with Crippen molar-refractivity contribution in [1.82, 2.24) is 24.5 Å². The lowest BCUT2D eigenvalue weighted by molar-refractivity contribution is -0.113. The number of rotatable bonds is 7. The number of hydrogen-bond acceptors (Lipinski definition) is 5. The summed E-state index contributed by atoms with van der Waals surface area (Å²) in [5.74, 6) is 0.621. The van der Waals surface area contributed by atoms with E-state index in [0.29, 0.717) is 27.6 Å². The normalized spacial score (nSPS) is 10.9. The molecule has 0 bridgehead atoms. The Bertz CT molecular complexity index is 1160. The predicted octanol–water partition coefficient (Wildman–Crippen LogP) is 4.55. The third kappa shape index (κ3) is 5.02. The highest BCUT2D eigenvalue weighted by Crippen LogP contribution is 2.22. The van der Waals surface area contributed by atoms with Gasteiger partial charge in [-0.15, -0.1) is 10.2 Å². The molecule has 0 saturated carbocycles. The lowest BCUT2D eigenvalue weighted by Crippen LogP contribution is -2.18. The molecule has 0 radical (unpaired) electrons. The van der Waals surface area contributed by atoms with Crippen LogP contribution >= 0.6 is 35.0 Å². The molecule has 0 atom stereocenters. The van der Waals surface area contributed by atoms with Gasteiger partial charge in [-0.3, -0.25) is 9.36 Å². The van der Waals surface area contributed by atoms with Crippen molar-refractivity contribution < 1.29 is 4.79 Å². The smallest absolute Gasteiger partial charge is 0.235 e. The summed E-state index contributed by atoms with van der Waals surface area (Å²) in [7, 11) is 0. The molecule has 10 heteroatoms. The van der Waals surface area contributed by atoms with Crippen LogP contribution in [0.1, 0.15) is 5.56 Å². The van der Waals surface area contributed by atoms with Crippen LogP contribution in [-0.2, 0) is 11.3 Å². The lowest BCUT2D eigenvalue weighted by atomic mass is 10.2. The van der Waals surface area contributed by atoms with Crippen LogP contribution in [0.2, 0.25) is 10.0 Å². The molecule has 0 aliphatic carbocycles. The monoisotopic (exact) mass is 458 g/mol. The van der Waals surface area contributed by atoms with Gasteiger partial charge < -0.3 is 5.32 Å². The zero-order valence-electron chi connectivity index (χ0n) is 15.6. The molecule has 4 rings (SSSR count). The quantitative estimate of drug-likeness (QED) is 0.411. The number of amides is 1. The van der Waals surface area contributed by atoms with Crippen LogP contribution in [0.5, 0.6) is 0 Å². The summed E-state index contributed by atoms with van der Waals surface area (Å²) in [6, 6.07) is 16.6. The molecule has 2 aromatic carbocycles. The van der Waals surface area contributed by atoms with Crippen molar-refractivity contribution in [3.63, 3.8) is 0 Å². The second kappa shape index (κ2) is 9.34. The molecule has 0 aliphatic heterocycles. The first kappa shape index (κ1) is 20.5. The van der Waals surface area contributed by atoms with Gasteiger partial charge in [-0.1, -0.05) is 53.2 Å². The first-order chi connectivity index (χ1) is 14.6. The molecule has 1 N–H and O–H groups in total. The third-order valence-electron chi connectivity index (χ3n) is 4.16. The maximum Gasteiger partial charge on any atom is 0.235 e. The number of carbonyl (C=O) groups excluding carboxylic acids is 1. The Hall–Kier alpha value is -2.81. The second-order valence-electron chi connectivity index (χ2n) is 6.30. The van der Waals surface area contributed by atoms with Gasteiger partial charge >= 0.3 is 0 Å². The fraction of sp³-hybridized carbons (Fsp3) is 0.100. The van der Waals surface area contributed by atoms with Crippen molar-refractivity contribution in [2.45, 2.75) is 11.7 Å². The van der Waals surface area contributed by atoms with E-state index in [1.54, 1.807) is 33.9 Å². The predicted molar refractivity (Wildman–Crippen MR) is 119 cm³/mol. The van der Waals surface area contributed by atoms with Crippen molar-refractivity contribution in [3.05, 3.63) is 82.7 Å². The van der Waals surface area contributed by atoms with Crippen molar-refractivity contribution >= 4 is 46.7 Å². The number of benzene rings is 2. The highest BCUT2D eigenvalue weighted by atomic mass is 35.5. The molecule has 0 saturated heterocycles. The van der Waals surface area contributed by atoms with Gasteiger partial charge in [0, 0.05) is 16.1 Å². The number of anilines is 1.